The molecule has 3 rings (SSSR count). The molecule has 1 saturated heterocycles. The third-order valence-corrected chi connectivity index (χ3v) is 3.17. The lowest BCUT2D eigenvalue weighted by Crippen LogP contribution is -2.20. The Bertz CT molecular complexity index is 589. The standard InChI is InChI=1S/C11H12N4O3/c16-15(17)10-5-8-6-13-14(11(8)12-7-10)9-1-3-18-4-2-9/h5-7,9H,1-4H2. The molecule has 0 N–H and O–H groups in total. The van der Waals surface area contributed by atoms with E-state index in [0.717, 1.165) is 26.1 Å². The van der Waals surface area contributed by atoms with Crippen molar-refractivity contribution >= 4 is 16.7 Å². The van der Waals surface area contributed by atoms with Crippen LogP contribution >= 0.6 is 0 Å². The molecule has 94 valence electrons. The van der Waals surface area contributed by atoms with Crippen LogP contribution in [0.25, 0.3) is 11.0 Å². The SMILES string of the molecule is O=[N+]([O-])c1cnc2c(cnn2C2CCOCC2)c1. The van der Waals surface area contributed by atoms with Crippen LogP contribution in [0, 0.1) is 10.1 Å². The summed E-state index contributed by atoms with van der Waals surface area (Å²) in [6.45, 7) is 1.44. The average Bonchev–Trinajstić information content (AvgIpc) is 2.82. The van der Waals surface area contributed by atoms with Crippen LogP contribution in [0.1, 0.15) is 18.9 Å². The largest absolute Gasteiger partial charge is 0.381 e. The maximum Gasteiger partial charge on any atom is 0.288 e. The fraction of sp³-hybridized carbons (Fsp3) is 0.455. The fourth-order valence-corrected chi connectivity index (χ4v) is 2.23. The van der Waals surface area contributed by atoms with E-state index in [9.17, 15) is 10.1 Å². The summed E-state index contributed by atoms with van der Waals surface area (Å²) in [4.78, 5) is 14.4. The van der Waals surface area contributed by atoms with Crippen molar-refractivity contribution in [3.8, 4) is 0 Å². The minimum absolute atomic E-state index is 0.00553. The van der Waals surface area contributed by atoms with Crippen molar-refractivity contribution in [1.29, 1.82) is 0 Å². The van der Waals surface area contributed by atoms with Crippen molar-refractivity contribution in [3.05, 3.63) is 28.6 Å². The maximum atomic E-state index is 10.7. The van der Waals surface area contributed by atoms with Gasteiger partial charge in [-0.3, -0.25) is 10.1 Å². The molecule has 0 aliphatic carbocycles. The molecule has 0 aromatic carbocycles. The zero-order valence-electron chi connectivity index (χ0n) is 9.65. The number of nitro groups is 1. The third kappa shape index (κ3) is 1.82. The van der Waals surface area contributed by atoms with Gasteiger partial charge in [0.15, 0.2) is 5.65 Å². The van der Waals surface area contributed by atoms with E-state index in [2.05, 4.69) is 10.1 Å². The molecule has 7 heteroatoms. The summed E-state index contributed by atoms with van der Waals surface area (Å²) in [7, 11) is 0. The molecule has 0 atom stereocenters. The number of hydrogen-bond acceptors (Lipinski definition) is 5. The van der Waals surface area contributed by atoms with Gasteiger partial charge in [-0.25, -0.2) is 9.67 Å². The minimum Gasteiger partial charge on any atom is -0.381 e. The summed E-state index contributed by atoms with van der Waals surface area (Å²) in [6.07, 6.45) is 4.70. The normalized spacial score (nSPS) is 17.1. The van der Waals surface area contributed by atoms with Gasteiger partial charge in [-0.15, -0.1) is 0 Å². The van der Waals surface area contributed by atoms with Crippen LogP contribution in [0.4, 0.5) is 5.69 Å². The number of fused-ring (bicyclic) bond motifs is 1. The van der Waals surface area contributed by atoms with Gasteiger partial charge in [0.2, 0.25) is 0 Å². The van der Waals surface area contributed by atoms with E-state index >= 15 is 0 Å². The minimum atomic E-state index is -0.446. The molecule has 0 saturated carbocycles. The lowest BCUT2D eigenvalue weighted by molar-refractivity contribution is -0.385. The Labute approximate surface area is 103 Å². The highest BCUT2D eigenvalue weighted by molar-refractivity contribution is 5.76. The molecule has 3 heterocycles. The molecule has 1 aliphatic rings. The Morgan fingerprint density at radius 3 is 2.89 bits per heavy atom. The van der Waals surface area contributed by atoms with Crippen molar-refractivity contribution in [1.82, 2.24) is 14.8 Å². The number of aromatic nitrogens is 3. The van der Waals surface area contributed by atoms with Crippen LogP contribution in [-0.4, -0.2) is 32.9 Å². The van der Waals surface area contributed by atoms with Gasteiger partial charge < -0.3 is 4.74 Å². The average molecular weight is 248 g/mol. The lowest BCUT2D eigenvalue weighted by atomic mass is 10.1. The van der Waals surface area contributed by atoms with Gasteiger partial charge in [0.1, 0.15) is 6.20 Å². The number of rotatable bonds is 2. The van der Waals surface area contributed by atoms with Gasteiger partial charge in [0.05, 0.1) is 17.2 Å². The Balaban J connectivity index is 2.01. The van der Waals surface area contributed by atoms with Gasteiger partial charge >= 0.3 is 0 Å². The molecule has 1 aliphatic heterocycles. The molecule has 2 aromatic heterocycles. The summed E-state index contributed by atoms with van der Waals surface area (Å²) in [6, 6.07) is 1.77. The molecular weight excluding hydrogens is 236 g/mol. The van der Waals surface area contributed by atoms with E-state index in [1.807, 2.05) is 4.68 Å². The predicted octanol–water partition coefficient (Wildman–Crippen LogP) is 1.69. The topological polar surface area (TPSA) is 83.1 Å². The van der Waals surface area contributed by atoms with Crippen LogP contribution in [0.3, 0.4) is 0 Å². The molecule has 1 fully saturated rings. The van der Waals surface area contributed by atoms with Crippen molar-refractivity contribution < 1.29 is 9.66 Å². The fourth-order valence-electron chi connectivity index (χ4n) is 2.23. The van der Waals surface area contributed by atoms with E-state index in [-0.39, 0.29) is 11.7 Å². The number of pyridine rings is 1. The van der Waals surface area contributed by atoms with Crippen LogP contribution in [0.2, 0.25) is 0 Å². The number of ether oxygens (including phenoxy) is 1. The Kier molecular flexibility index (Phi) is 2.67. The van der Waals surface area contributed by atoms with E-state index in [4.69, 9.17) is 4.74 Å². The zero-order valence-corrected chi connectivity index (χ0v) is 9.65. The molecule has 0 unspecified atom stereocenters. The summed E-state index contributed by atoms with van der Waals surface area (Å²) in [5, 5.41) is 15.7. The Morgan fingerprint density at radius 2 is 2.17 bits per heavy atom. The second kappa shape index (κ2) is 4.34. The van der Waals surface area contributed by atoms with E-state index in [0.29, 0.717) is 11.0 Å². The highest BCUT2D eigenvalue weighted by Crippen LogP contribution is 2.25. The first-order valence-electron chi connectivity index (χ1n) is 5.81. The summed E-state index contributed by atoms with van der Waals surface area (Å²) < 4.78 is 7.16. The molecule has 18 heavy (non-hydrogen) atoms. The molecule has 0 bridgehead atoms. The first-order valence-corrected chi connectivity index (χ1v) is 5.81. The second-order valence-corrected chi connectivity index (χ2v) is 4.30. The molecular formula is C11H12N4O3. The summed E-state index contributed by atoms with van der Waals surface area (Å²) >= 11 is 0. The number of nitrogens with zero attached hydrogens (tertiary/aromatic N) is 4. The van der Waals surface area contributed by atoms with Gasteiger partial charge in [-0.1, -0.05) is 0 Å². The Morgan fingerprint density at radius 1 is 1.39 bits per heavy atom. The molecule has 2 aromatic rings. The van der Waals surface area contributed by atoms with Crippen LogP contribution in [-0.2, 0) is 4.74 Å². The smallest absolute Gasteiger partial charge is 0.288 e. The highest BCUT2D eigenvalue weighted by Gasteiger charge is 2.20. The summed E-state index contributed by atoms with van der Waals surface area (Å²) in [5.74, 6) is 0. The molecule has 0 amide bonds. The monoisotopic (exact) mass is 248 g/mol. The molecule has 0 radical (unpaired) electrons. The van der Waals surface area contributed by atoms with Crippen LogP contribution < -0.4 is 0 Å². The summed E-state index contributed by atoms with van der Waals surface area (Å²) in [5.41, 5.74) is 0.696. The van der Waals surface area contributed by atoms with Crippen molar-refractivity contribution in [2.24, 2.45) is 0 Å². The molecule has 7 nitrogen and oxygen atoms in total. The van der Waals surface area contributed by atoms with Crippen molar-refractivity contribution in [3.63, 3.8) is 0 Å². The zero-order chi connectivity index (χ0) is 12.5. The van der Waals surface area contributed by atoms with E-state index in [1.165, 1.54) is 12.3 Å². The van der Waals surface area contributed by atoms with Gasteiger partial charge in [0.25, 0.3) is 5.69 Å². The Hall–Kier alpha value is -2.02. The maximum absolute atomic E-state index is 10.7. The quantitative estimate of drug-likeness (QED) is 0.596. The van der Waals surface area contributed by atoms with Gasteiger partial charge in [-0.2, -0.15) is 5.10 Å². The second-order valence-electron chi connectivity index (χ2n) is 4.30. The van der Waals surface area contributed by atoms with Crippen molar-refractivity contribution in [2.45, 2.75) is 18.9 Å². The third-order valence-electron chi connectivity index (χ3n) is 3.17. The lowest BCUT2D eigenvalue weighted by Gasteiger charge is -2.22. The van der Waals surface area contributed by atoms with Crippen molar-refractivity contribution in [2.75, 3.05) is 13.2 Å². The van der Waals surface area contributed by atoms with E-state index in [1.54, 1.807) is 6.20 Å². The van der Waals surface area contributed by atoms with E-state index < -0.39 is 4.92 Å². The highest BCUT2D eigenvalue weighted by atomic mass is 16.6. The van der Waals surface area contributed by atoms with Crippen LogP contribution in [0.5, 0.6) is 0 Å². The van der Waals surface area contributed by atoms with Crippen LogP contribution in [0.15, 0.2) is 18.5 Å². The van der Waals surface area contributed by atoms with Gasteiger partial charge in [-0.05, 0) is 12.8 Å². The first-order chi connectivity index (χ1) is 8.75. The molecule has 0 spiro atoms. The number of hydrogen-bond donors (Lipinski definition) is 0. The van der Waals surface area contributed by atoms with Gasteiger partial charge in [0, 0.05) is 24.7 Å². The predicted molar refractivity (Wildman–Crippen MR) is 63.3 cm³/mol. The first kappa shape index (κ1) is 11.1.